The third-order valence-electron chi connectivity index (χ3n) is 4.96. The summed E-state index contributed by atoms with van der Waals surface area (Å²) in [4.78, 5) is 7.08. The largest absolute Gasteiger partial charge is 0.378 e. The smallest absolute Gasteiger partial charge is 0.183 e. The number of halogens is 1. The van der Waals surface area contributed by atoms with Gasteiger partial charge in [0.25, 0.3) is 0 Å². The lowest BCUT2D eigenvalue weighted by atomic mass is 10.2. The van der Waals surface area contributed by atoms with Crippen LogP contribution in [0.4, 0.5) is 5.69 Å². The van der Waals surface area contributed by atoms with Crippen molar-refractivity contribution in [1.82, 2.24) is 19.6 Å². The van der Waals surface area contributed by atoms with Gasteiger partial charge in [0.05, 0.1) is 29.4 Å². The molecule has 0 amide bonds. The fourth-order valence-electron chi connectivity index (χ4n) is 3.58. The molecule has 2 aromatic carbocycles. The first-order valence-corrected chi connectivity index (χ1v) is 9.33. The SMILES string of the molecule is Cc1nc(-c2ccccc2Cl)n2c1nnc1ccc(N3CCOCC3)cc12. The highest BCUT2D eigenvalue weighted by atomic mass is 35.5. The van der Waals surface area contributed by atoms with Crippen LogP contribution in [0.2, 0.25) is 5.02 Å². The number of imidazole rings is 1. The summed E-state index contributed by atoms with van der Waals surface area (Å²) in [5.74, 6) is 0.784. The van der Waals surface area contributed by atoms with Crippen LogP contribution in [0.15, 0.2) is 42.5 Å². The summed E-state index contributed by atoms with van der Waals surface area (Å²) >= 11 is 6.46. The van der Waals surface area contributed by atoms with E-state index in [4.69, 9.17) is 21.3 Å². The van der Waals surface area contributed by atoms with E-state index in [0.717, 1.165) is 65.8 Å². The van der Waals surface area contributed by atoms with Gasteiger partial charge in [-0.25, -0.2) is 4.98 Å². The van der Waals surface area contributed by atoms with E-state index in [1.54, 1.807) is 0 Å². The molecule has 0 atom stereocenters. The Morgan fingerprint density at radius 3 is 2.67 bits per heavy atom. The minimum Gasteiger partial charge on any atom is -0.378 e. The van der Waals surface area contributed by atoms with Crippen molar-refractivity contribution in [2.24, 2.45) is 0 Å². The molecule has 1 fully saturated rings. The fourth-order valence-corrected chi connectivity index (χ4v) is 3.80. The molecule has 0 spiro atoms. The predicted molar refractivity (Wildman–Crippen MR) is 107 cm³/mol. The number of morpholine rings is 1. The molecule has 6 nitrogen and oxygen atoms in total. The summed E-state index contributed by atoms with van der Waals surface area (Å²) in [6.07, 6.45) is 0. The lowest BCUT2D eigenvalue weighted by Gasteiger charge is -2.29. The number of hydrogen-bond acceptors (Lipinski definition) is 5. The van der Waals surface area contributed by atoms with Crippen LogP contribution in [0, 0.1) is 6.92 Å². The summed E-state index contributed by atoms with van der Waals surface area (Å²) < 4.78 is 7.54. The van der Waals surface area contributed by atoms with Crippen molar-refractivity contribution in [3.05, 3.63) is 53.2 Å². The highest BCUT2D eigenvalue weighted by molar-refractivity contribution is 6.33. The maximum absolute atomic E-state index is 6.46. The number of anilines is 1. The molecule has 1 aliphatic heterocycles. The Morgan fingerprint density at radius 1 is 1.04 bits per heavy atom. The summed E-state index contributed by atoms with van der Waals surface area (Å²) in [5.41, 5.74) is 5.40. The van der Waals surface area contributed by atoms with E-state index < -0.39 is 0 Å². The molecule has 5 rings (SSSR count). The van der Waals surface area contributed by atoms with Crippen LogP contribution >= 0.6 is 11.6 Å². The molecule has 0 saturated carbocycles. The zero-order valence-corrected chi connectivity index (χ0v) is 15.6. The van der Waals surface area contributed by atoms with Crippen LogP contribution in [-0.4, -0.2) is 45.9 Å². The summed E-state index contributed by atoms with van der Waals surface area (Å²) in [7, 11) is 0. The number of nitrogens with zero attached hydrogens (tertiary/aromatic N) is 5. The number of fused-ring (bicyclic) bond motifs is 3. The van der Waals surface area contributed by atoms with Gasteiger partial charge in [-0.1, -0.05) is 23.7 Å². The molecule has 3 heterocycles. The molecule has 27 heavy (non-hydrogen) atoms. The fraction of sp³-hybridized carbons (Fsp3) is 0.250. The molecule has 0 aliphatic carbocycles. The Bertz CT molecular complexity index is 1150. The van der Waals surface area contributed by atoms with E-state index in [2.05, 4.69) is 31.6 Å². The van der Waals surface area contributed by atoms with Crippen molar-refractivity contribution >= 4 is 34.0 Å². The molecular weight excluding hydrogens is 362 g/mol. The first-order valence-electron chi connectivity index (χ1n) is 8.95. The number of hydrogen-bond donors (Lipinski definition) is 0. The molecule has 0 bridgehead atoms. The second-order valence-corrected chi connectivity index (χ2v) is 7.04. The molecule has 7 heteroatoms. The Hall–Kier alpha value is -2.70. The first kappa shape index (κ1) is 16.5. The zero-order chi connectivity index (χ0) is 18.4. The summed E-state index contributed by atoms with van der Waals surface area (Å²) in [6, 6.07) is 14.0. The molecule has 1 aliphatic rings. The Kier molecular flexibility index (Phi) is 3.95. The molecule has 0 N–H and O–H groups in total. The molecule has 0 radical (unpaired) electrons. The first-order chi connectivity index (χ1) is 13.2. The van der Waals surface area contributed by atoms with Crippen molar-refractivity contribution < 1.29 is 4.74 Å². The predicted octanol–water partition coefficient (Wildman–Crippen LogP) is 3.74. The lowest BCUT2D eigenvalue weighted by molar-refractivity contribution is 0.122. The van der Waals surface area contributed by atoms with Crippen molar-refractivity contribution in [2.75, 3.05) is 31.2 Å². The summed E-state index contributed by atoms with van der Waals surface area (Å²) in [6.45, 7) is 5.21. The van der Waals surface area contributed by atoms with Gasteiger partial charge in [0, 0.05) is 24.3 Å². The van der Waals surface area contributed by atoms with E-state index in [9.17, 15) is 0 Å². The Balaban J connectivity index is 1.79. The van der Waals surface area contributed by atoms with Crippen LogP contribution in [-0.2, 0) is 4.74 Å². The van der Waals surface area contributed by atoms with E-state index in [1.807, 2.05) is 37.3 Å². The van der Waals surface area contributed by atoms with Crippen molar-refractivity contribution in [3.8, 4) is 11.4 Å². The van der Waals surface area contributed by atoms with E-state index in [-0.39, 0.29) is 0 Å². The average Bonchev–Trinajstić information content (AvgIpc) is 3.05. The maximum atomic E-state index is 6.46. The highest BCUT2D eigenvalue weighted by Gasteiger charge is 2.18. The molecule has 136 valence electrons. The molecule has 4 aromatic rings. The van der Waals surface area contributed by atoms with E-state index in [0.29, 0.717) is 5.02 Å². The second kappa shape index (κ2) is 6.48. The number of benzene rings is 2. The molecule has 1 saturated heterocycles. The third-order valence-corrected chi connectivity index (χ3v) is 5.29. The van der Waals surface area contributed by atoms with Crippen LogP contribution in [0.1, 0.15) is 5.69 Å². The van der Waals surface area contributed by atoms with Gasteiger partial charge in [-0.2, -0.15) is 0 Å². The zero-order valence-electron chi connectivity index (χ0n) is 14.9. The maximum Gasteiger partial charge on any atom is 0.183 e. The van der Waals surface area contributed by atoms with Crippen molar-refractivity contribution in [1.29, 1.82) is 0 Å². The number of aromatic nitrogens is 4. The minimum absolute atomic E-state index is 0.665. The van der Waals surface area contributed by atoms with Gasteiger partial charge in [-0.3, -0.25) is 4.40 Å². The van der Waals surface area contributed by atoms with E-state index in [1.165, 1.54) is 0 Å². The topological polar surface area (TPSA) is 55.5 Å². The standard InChI is InChI=1S/C20H18ClN5O/c1-13-19-24-23-17-7-6-14(25-8-10-27-11-9-25)12-18(17)26(19)20(22-13)15-4-2-3-5-16(15)21/h2-7,12H,8-11H2,1H3. The quantitative estimate of drug-likeness (QED) is 0.531. The van der Waals surface area contributed by atoms with Crippen LogP contribution in [0.5, 0.6) is 0 Å². The van der Waals surface area contributed by atoms with Gasteiger partial charge in [-0.15, -0.1) is 10.2 Å². The third kappa shape index (κ3) is 2.72. The lowest BCUT2D eigenvalue weighted by Crippen LogP contribution is -2.36. The Morgan fingerprint density at radius 2 is 1.85 bits per heavy atom. The highest BCUT2D eigenvalue weighted by Crippen LogP contribution is 2.31. The van der Waals surface area contributed by atoms with Crippen LogP contribution in [0.25, 0.3) is 28.1 Å². The minimum atomic E-state index is 0.665. The molecular formula is C20H18ClN5O. The van der Waals surface area contributed by atoms with E-state index >= 15 is 0 Å². The van der Waals surface area contributed by atoms with Crippen LogP contribution in [0.3, 0.4) is 0 Å². The van der Waals surface area contributed by atoms with Crippen LogP contribution < -0.4 is 4.90 Å². The Labute approximate surface area is 161 Å². The van der Waals surface area contributed by atoms with Gasteiger partial charge >= 0.3 is 0 Å². The second-order valence-electron chi connectivity index (χ2n) is 6.63. The van der Waals surface area contributed by atoms with Gasteiger partial charge in [0.15, 0.2) is 5.65 Å². The van der Waals surface area contributed by atoms with Gasteiger partial charge in [0.1, 0.15) is 11.3 Å². The molecule has 0 unspecified atom stereocenters. The number of ether oxygens (including phenoxy) is 1. The summed E-state index contributed by atoms with van der Waals surface area (Å²) in [5, 5.41) is 9.46. The average molecular weight is 380 g/mol. The van der Waals surface area contributed by atoms with Crippen molar-refractivity contribution in [3.63, 3.8) is 0 Å². The van der Waals surface area contributed by atoms with Gasteiger partial charge in [0.2, 0.25) is 0 Å². The van der Waals surface area contributed by atoms with Gasteiger partial charge < -0.3 is 9.64 Å². The van der Waals surface area contributed by atoms with Crippen molar-refractivity contribution in [2.45, 2.75) is 6.92 Å². The monoisotopic (exact) mass is 379 g/mol. The number of aryl methyl sites for hydroxylation is 1. The number of rotatable bonds is 2. The molecule has 2 aromatic heterocycles. The van der Waals surface area contributed by atoms with Gasteiger partial charge in [-0.05, 0) is 37.3 Å². The normalized spacial score (nSPS) is 15.0.